The van der Waals surface area contributed by atoms with E-state index >= 15 is 0 Å². The topological polar surface area (TPSA) is 101 Å². The first-order chi connectivity index (χ1) is 10.3. The molecule has 1 amide bonds. The van der Waals surface area contributed by atoms with Crippen molar-refractivity contribution in [3.8, 4) is 0 Å². The lowest BCUT2D eigenvalue weighted by Crippen LogP contribution is -2.15. The zero-order valence-electron chi connectivity index (χ0n) is 11.4. The summed E-state index contributed by atoms with van der Waals surface area (Å²) in [5.41, 5.74) is 6.86. The quantitative estimate of drug-likeness (QED) is 0.494. The van der Waals surface area contributed by atoms with Crippen LogP contribution in [0.2, 0.25) is 0 Å². The van der Waals surface area contributed by atoms with Crippen molar-refractivity contribution in [2.45, 2.75) is 12.1 Å². The number of anilines is 2. The third-order valence-corrected chi connectivity index (χ3v) is 5.17. The summed E-state index contributed by atoms with van der Waals surface area (Å²) in [4.78, 5) is 29.7. The smallest absolute Gasteiger partial charge is 0.253 e. The number of hydrogen-bond donors (Lipinski definition) is 3. The SMILES string of the molecule is Cc1c(Br)cc(NC(=O)CSc2nc(N)cc(=O)[nH]2)cc1Br. The van der Waals surface area contributed by atoms with E-state index in [2.05, 4.69) is 47.1 Å². The Morgan fingerprint density at radius 1 is 1.36 bits per heavy atom. The van der Waals surface area contributed by atoms with Gasteiger partial charge in [0.25, 0.3) is 5.56 Å². The highest BCUT2D eigenvalue weighted by Crippen LogP contribution is 2.28. The normalized spacial score (nSPS) is 10.5. The molecule has 9 heteroatoms. The first-order valence-corrected chi connectivity index (χ1v) is 8.67. The van der Waals surface area contributed by atoms with E-state index in [0.717, 1.165) is 26.3 Å². The highest BCUT2D eigenvalue weighted by molar-refractivity contribution is 9.11. The Balaban J connectivity index is 2.00. The molecule has 0 aliphatic heterocycles. The van der Waals surface area contributed by atoms with Crippen molar-refractivity contribution in [2.75, 3.05) is 16.8 Å². The lowest BCUT2D eigenvalue weighted by atomic mass is 10.2. The van der Waals surface area contributed by atoms with Gasteiger partial charge in [-0.15, -0.1) is 0 Å². The van der Waals surface area contributed by atoms with E-state index in [9.17, 15) is 9.59 Å². The Kier molecular flexibility index (Phi) is 5.65. The monoisotopic (exact) mass is 446 g/mol. The van der Waals surface area contributed by atoms with Gasteiger partial charge in [0, 0.05) is 20.7 Å². The highest BCUT2D eigenvalue weighted by Gasteiger charge is 2.08. The van der Waals surface area contributed by atoms with Crippen molar-refractivity contribution in [1.29, 1.82) is 0 Å². The zero-order chi connectivity index (χ0) is 16.3. The summed E-state index contributed by atoms with van der Waals surface area (Å²) >= 11 is 7.96. The number of hydrogen-bond acceptors (Lipinski definition) is 5. The van der Waals surface area contributed by atoms with Gasteiger partial charge < -0.3 is 16.0 Å². The number of nitrogens with zero attached hydrogens (tertiary/aromatic N) is 1. The molecular formula is C13H12Br2N4O2S. The minimum Gasteiger partial charge on any atom is -0.383 e. The van der Waals surface area contributed by atoms with Gasteiger partial charge in [0.05, 0.1) is 5.75 Å². The molecule has 0 spiro atoms. The van der Waals surface area contributed by atoms with Gasteiger partial charge >= 0.3 is 0 Å². The molecule has 1 heterocycles. The van der Waals surface area contributed by atoms with Crippen molar-refractivity contribution in [3.63, 3.8) is 0 Å². The van der Waals surface area contributed by atoms with E-state index in [1.54, 1.807) is 0 Å². The van der Waals surface area contributed by atoms with Crippen LogP contribution >= 0.6 is 43.6 Å². The number of H-pyrrole nitrogens is 1. The fourth-order valence-electron chi connectivity index (χ4n) is 1.57. The van der Waals surface area contributed by atoms with Gasteiger partial charge in [0.15, 0.2) is 5.16 Å². The van der Waals surface area contributed by atoms with E-state index in [1.165, 1.54) is 6.07 Å². The Morgan fingerprint density at radius 2 is 2.00 bits per heavy atom. The summed E-state index contributed by atoms with van der Waals surface area (Å²) in [7, 11) is 0. The number of aromatic nitrogens is 2. The van der Waals surface area contributed by atoms with Gasteiger partial charge in [-0.2, -0.15) is 0 Å². The van der Waals surface area contributed by atoms with Gasteiger partial charge in [-0.25, -0.2) is 4.98 Å². The van der Waals surface area contributed by atoms with Crippen molar-refractivity contribution in [2.24, 2.45) is 0 Å². The maximum Gasteiger partial charge on any atom is 0.253 e. The number of halogens is 2. The summed E-state index contributed by atoms with van der Waals surface area (Å²) in [5, 5.41) is 3.09. The van der Waals surface area contributed by atoms with E-state index in [-0.39, 0.29) is 23.0 Å². The lowest BCUT2D eigenvalue weighted by molar-refractivity contribution is -0.113. The summed E-state index contributed by atoms with van der Waals surface area (Å²) < 4.78 is 1.79. The molecule has 4 N–H and O–H groups in total. The molecule has 0 atom stereocenters. The number of carbonyl (C=O) groups is 1. The summed E-state index contributed by atoms with van der Waals surface area (Å²) in [6.45, 7) is 1.96. The van der Waals surface area contributed by atoms with Crippen LogP contribution in [0.15, 0.2) is 37.1 Å². The van der Waals surface area contributed by atoms with Crippen LogP contribution in [0, 0.1) is 6.92 Å². The molecule has 2 aromatic rings. The van der Waals surface area contributed by atoms with Crippen molar-refractivity contribution >= 4 is 61.0 Å². The molecule has 1 aromatic heterocycles. The number of benzene rings is 1. The molecule has 2 rings (SSSR count). The average molecular weight is 448 g/mol. The minimum absolute atomic E-state index is 0.107. The van der Waals surface area contributed by atoms with E-state index < -0.39 is 0 Å². The third kappa shape index (κ3) is 4.59. The predicted octanol–water partition coefficient (Wildman–Crippen LogP) is 2.92. The molecular weight excluding hydrogens is 436 g/mol. The molecule has 0 saturated heterocycles. The number of nitrogen functional groups attached to an aromatic ring is 1. The molecule has 0 aliphatic rings. The number of carbonyl (C=O) groups excluding carboxylic acids is 1. The van der Waals surface area contributed by atoms with Crippen LogP contribution in [-0.4, -0.2) is 21.6 Å². The van der Waals surface area contributed by atoms with Crippen LogP contribution in [0.3, 0.4) is 0 Å². The number of aromatic amines is 1. The summed E-state index contributed by atoms with van der Waals surface area (Å²) in [6.07, 6.45) is 0. The van der Waals surface area contributed by atoms with Crippen molar-refractivity contribution in [1.82, 2.24) is 9.97 Å². The van der Waals surface area contributed by atoms with Gasteiger partial charge in [-0.1, -0.05) is 43.6 Å². The zero-order valence-corrected chi connectivity index (χ0v) is 15.4. The number of amides is 1. The molecule has 6 nitrogen and oxygen atoms in total. The Hall–Kier alpha value is -1.32. The molecule has 0 bridgehead atoms. The van der Waals surface area contributed by atoms with Gasteiger partial charge in [-0.3, -0.25) is 9.59 Å². The number of rotatable bonds is 4. The van der Waals surface area contributed by atoms with Crippen LogP contribution in [-0.2, 0) is 4.79 Å². The average Bonchev–Trinajstić information content (AvgIpc) is 2.41. The van der Waals surface area contributed by atoms with Crippen LogP contribution in [0.1, 0.15) is 5.56 Å². The lowest BCUT2D eigenvalue weighted by Gasteiger charge is -2.08. The molecule has 1 aromatic carbocycles. The first-order valence-electron chi connectivity index (χ1n) is 6.10. The molecule has 0 saturated carbocycles. The second kappa shape index (κ2) is 7.30. The van der Waals surface area contributed by atoms with Gasteiger partial charge in [-0.05, 0) is 24.6 Å². The second-order valence-electron chi connectivity index (χ2n) is 4.38. The standard InChI is InChI=1S/C13H12Br2N4O2S/c1-6-8(14)2-7(3-9(6)15)17-12(21)5-22-13-18-10(16)4-11(20)19-13/h2-4H,5H2,1H3,(H,17,21)(H3,16,18,19,20). The number of thioether (sulfide) groups is 1. The maximum atomic E-state index is 11.9. The largest absolute Gasteiger partial charge is 0.383 e. The molecule has 0 aliphatic carbocycles. The summed E-state index contributed by atoms with van der Waals surface area (Å²) in [6, 6.07) is 4.83. The molecule has 0 radical (unpaired) electrons. The Labute approximate surface area is 147 Å². The fraction of sp³-hybridized carbons (Fsp3) is 0.154. The van der Waals surface area contributed by atoms with Crippen LogP contribution < -0.4 is 16.6 Å². The second-order valence-corrected chi connectivity index (χ2v) is 7.05. The minimum atomic E-state index is -0.346. The van der Waals surface area contributed by atoms with E-state index in [0.29, 0.717) is 10.8 Å². The molecule has 116 valence electrons. The molecule has 0 fully saturated rings. The maximum absolute atomic E-state index is 11.9. The predicted molar refractivity (Wildman–Crippen MR) is 95.2 cm³/mol. The van der Waals surface area contributed by atoms with Gasteiger partial charge in [0.1, 0.15) is 5.82 Å². The molecule has 22 heavy (non-hydrogen) atoms. The Morgan fingerprint density at radius 3 is 2.59 bits per heavy atom. The molecule has 0 unspecified atom stereocenters. The van der Waals surface area contributed by atoms with E-state index in [4.69, 9.17) is 5.73 Å². The number of nitrogens with one attached hydrogen (secondary N) is 2. The van der Waals surface area contributed by atoms with Crippen LogP contribution in [0.5, 0.6) is 0 Å². The summed E-state index contributed by atoms with van der Waals surface area (Å²) in [5.74, 6) is 0.0194. The highest BCUT2D eigenvalue weighted by atomic mass is 79.9. The van der Waals surface area contributed by atoms with Gasteiger partial charge in [0.2, 0.25) is 5.91 Å². The van der Waals surface area contributed by atoms with Crippen LogP contribution in [0.4, 0.5) is 11.5 Å². The van der Waals surface area contributed by atoms with Crippen molar-refractivity contribution < 1.29 is 4.79 Å². The Bertz CT molecular complexity index is 756. The van der Waals surface area contributed by atoms with E-state index in [1.807, 2.05) is 19.1 Å². The third-order valence-electron chi connectivity index (χ3n) is 2.64. The fourth-order valence-corrected chi connectivity index (χ4v) is 3.44. The van der Waals surface area contributed by atoms with Crippen LogP contribution in [0.25, 0.3) is 0 Å². The van der Waals surface area contributed by atoms with Crippen molar-refractivity contribution in [3.05, 3.63) is 43.1 Å². The number of nitrogens with two attached hydrogens (primary N) is 1. The first kappa shape index (κ1) is 17.0.